The van der Waals surface area contributed by atoms with E-state index in [0.29, 0.717) is 11.7 Å². The first-order chi connectivity index (χ1) is 10.6. The van der Waals surface area contributed by atoms with Gasteiger partial charge in [0.1, 0.15) is 0 Å². The standard InChI is InChI=1S/C14H15BrN4OS2/c1-3-7-16-12(20)9(2)21-14-19-18-13(22-14)17-11-6-4-5-10(15)8-11/h3-6,8-9H,1,7H2,2H3,(H,16,20)(H,17,18). The summed E-state index contributed by atoms with van der Waals surface area (Å²) in [5.41, 5.74) is 0.929. The smallest absolute Gasteiger partial charge is 0.233 e. The molecule has 116 valence electrons. The van der Waals surface area contributed by atoms with Gasteiger partial charge in [0.25, 0.3) is 0 Å². The van der Waals surface area contributed by atoms with Crippen molar-refractivity contribution in [3.63, 3.8) is 0 Å². The first-order valence-electron chi connectivity index (χ1n) is 6.50. The van der Waals surface area contributed by atoms with Gasteiger partial charge in [-0.05, 0) is 25.1 Å². The second-order valence-corrected chi connectivity index (χ2v) is 7.78. The summed E-state index contributed by atoms with van der Waals surface area (Å²) in [6.45, 7) is 5.88. The van der Waals surface area contributed by atoms with E-state index in [1.54, 1.807) is 6.08 Å². The number of thioether (sulfide) groups is 1. The molecule has 2 aromatic rings. The highest BCUT2D eigenvalue weighted by atomic mass is 79.9. The highest BCUT2D eigenvalue weighted by Crippen LogP contribution is 2.30. The van der Waals surface area contributed by atoms with Gasteiger partial charge in [-0.2, -0.15) is 0 Å². The van der Waals surface area contributed by atoms with E-state index in [-0.39, 0.29) is 11.2 Å². The Morgan fingerprint density at radius 2 is 2.36 bits per heavy atom. The molecule has 1 aromatic heterocycles. The number of carbonyl (C=O) groups is 1. The Morgan fingerprint density at radius 1 is 1.55 bits per heavy atom. The molecule has 8 heteroatoms. The third kappa shape index (κ3) is 5.11. The predicted molar refractivity (Wildman–Crippen MR) is 95.9 cm³/mol. The molecule has 0 bridgehead atoms. The van der Waals surface area contributed by atoms with Crippen LogP contribution in [-0.4, -0.2) is 27.9 Å². The zero-order valence-corrected chi connectivity index (χ0v) is 15.1. The summed E-state index contributed by atoms with van der Waals surface area (Å²) in [6.07, 6.45) is 1.65. The Bertz CT molecular complexity index is 662. The van der Waals surface area contributed by atoms with Crippen LogP contribution in [0.3, 0.4) is 0 Å². The second-order valence-electron chi connectivity index (χ2n) is 4.30. The van der Waals surface area contributed by atoms with E-state index in [1.165, 1.54) is 23.1 Å². The minimum Gasteiger partial charge on any atom is -0.352 e. The van der Waals surface area contributed by atoms with Crippen molar-refractivity contribution in [2.24, 2.45) is 0 Å². The van der Waals surface area contributed by atoms with Crippen molar-refractivity contribution in [3.05, 3.63) is 41.4 Å². The van der Waals surface area contributed by atoms with Gasteiger partial charge in [-0.15, -0.1) is 16.8 Å². The highest BCUT2D eigenvalue weighted by molar-refractivity contribution is 9.10. The van der Waals surface area contributed by atoms with Crippen LogP contribution in [0.1, 0.15) is 6.92 Å². The van der Waals surface area contributed by atoms with Crippen LogP contribution in [0.5, 0.6) is 0 Å². The summed E-state index contributed by atoms with van der Waals surface area (Å²) >= 11 is 6.23. The maximum absolute atomic E-state index is 11.8. The van der Waals surface area contributed by atoms with Crippen LogP contribution in [0.4, 0.5) is 10.8 Å². The number of amides is 1. The molecule has 1 aromatic carbocycles. The van der Waals surface area contributed by atoms with Crippen molar-refractivity contribution in [1.29, 1.82) is 0 Å². The highest BCUT2D eigenvalue weighted by Gasteiger charge is 2.16. The lowest BCUT2D eigenvalue weighted by molar-refractivity contribution is -0.120. The second kappa shape index (κ2) is 8.30. The molecule has 0 fully saturated rings. The first kappa shape index (κ1) is 17.0. The van der Waals surface area contributed by atoms with Crippen LogP contribution >= 0.6 is 39.0 Å². The van der Waals surface area contributed by atoms with E-state index in [1.807, 2.05) is 31.2 Å². The molecule has 2 N–H and O–H groups in total. The van der Waals surface area contributed by atoms with Crippen molar-refractivity contribution in [2.45, 2.75) is 16.5 Å². The number of hydrogen-bond donors (Lipinski definition) is 2. The Hall–Kier alpha value is -1.38. The van der Waals surface area contributed by atoms with Crippen molar-refractivity contribution >= 4 is 55.8 Å². The fourth-order valence-electron chi connectivity index (χ4n) is 1.52. The van der Waals surface area contributed by atoms with Crippen molar-refractivity contribution in [1.82, 2.24) is 15.5 Å². The lowest BCUT2D eigenvalue weighted by atomic mass is 10.3. The summed E-state index contributed by atoms with van der Waals surface area (Å²) in [6, 6.07) is 7.80. The molecule has 2 rings (SSSR count). The molecule has 0 radical (unpaired) electrons. The van der Waals surface area contributed by atoms with E-state index in [9.17, 15) is 4.79 Å². The first-order valence-corrected chi connectivity index (χ1v) is 8.98. The number of hydrogen-bond acceptors (Lipinski definition) is 6. The Labute approximate surface area is 145 Å². The fraction of sp³-hybridized carbons (Fsp3) is 0.214. The molecule has 1 unspecified atom stereocenters. The summed E-state index contributed by atoms with van der Waals surface area (Å²) in [4.78, 5) is 11.8. The average molecular weight is 399 g/mol. The number of carbonyl (C=O) groups excluding carboxylic acids is 1. The van der Waals surface area contributed by atoms with Crippen molar-refractivity contribution in [2.75, 3.05) is 11.9 Å². The lowest BCUT2D eigenvalue weighted by Crippen LogP contribution is -2.30. The largest absolute Gasteiger partial charge is 0.352 e. The summed E-state index contributed by atoms with van der Waals surface area (Å²) in [5.74, 6) is -0.0402. The number of nitrogens with zero attached hydrogens (tertiary/aromatic N) is 2. The van der Waals surface area contributed by atoms with E-state index < -0.39 is 0 Å². The maximum Gasteiger partial charge on any atom is 0.233 e. The van der Waals surface area contributed by atoms with Gasteiger partial charge in [-0.25, -0.2) is 0 Å². The molecule has 0 saturated heterocycles. The van der Waals surface area contributed by atoms with Crippen LogP contribution in [0.15, 0.2) is 45.7 Å². The maximum atomic E-state index is 11.8. The van der Waals surface area contributed by atoms with E-state index in [4.69, 9.17) is 0 Å². The fourth-order valence-corrected chi connectivity index (χ4v) is 3.86. The minimum absolute atomic E-state index is 0.0402. The van der Waals surface area contributed by atoms with E-state index in [0.717, 1.165) is 14.5 Å². The van der Waals surface area contributed by atoms with Crippen LogP contribution in [-0.2, 0) is 4.79 Å². The molecule has 5 nitrogen and oxygen atoms in total. The number of anilines is 2. The quantitative estimate of drug-likeness (QED) is 0.547. The number of nitrogens with one attached hydrogen (secondary N) is 2. The number of benzene rings is 1. The number of halogens is 1. The Kier molecular flexibility index (Phi) is 6.41. The Morgan fingerprint density at radius 3 is 3.09 bits per heavy atom. The predicted octanol–water partition coefficient (Wildman–Crippen LogP) is 3.83. The van der Waals surface area contributed by atoms with Gasteiger partial charge in [0, 0.05) is 16.7 Å². The third-order valence-electron chi connectivity index (χ3n) is 2.55. The van der Waals surface area contributed by atoms with Crippen LogP contribution in [0.2, 0.25) is 0 Å². The monoisotopic (exact) mass is 398 g/mol. The molecule has 0 aliphatic rings. The summed E-state index contributed by atoms with van der Waals surface area (Å²) in [7, 11) is 0. The molecule has 0 spiro atoms. The molecule has 22 heavy (non-hydrogen) atoms. The average Bonchev–Trinajstić information content (AvgIpc) is 2.91. The van der Waals surface area contributed by atoms with Crippen LogP contribution in [0.25, 0.3) is 0 Å². The molecule has 1 heterocycles. The number of rotatable bonds is 7. The van der Waals surface area contributed by atoms with E-state index in [2.05, 4.69) is 43.3 Å². The zero-order valence-electron chi connectivity index (χ0n) is 11.9. The van der Waals surface area contributed by atoms with Gasteiger partial charge in [-0.3, -0.25) is 4.79 Å². The van der Waals surface area contributed by atoms with E-state index >= 15 is 0 Å². The summed E-state index contributed by atoms with van der Waals surface area (Å²) in [5, 5.41) is 14.6. The Balaban J connectivity index is 1.93. The molecule has 1 atom stereocenters. The van der Waals surface area contributed by atoms with Gasteiger partial charge in [0.05, 0.1) is 5.25 Å². The molecular weight excluding hydrogens is 384 g/mol. The van der Waals surface area contributed by atoms with Gasteiger partial charge < -0.3 is 10.6 Å². The van der Waals surface area contributed by atoms with Gasteiger partial charge in [0.15, 0.2) is 4.34 Å². The molecular formula is C14H15BrN4OS2. The van der Waals surface area contributed by atoms with Crippen molar-refractivity contribution < 1.29 is 4.79 Å². The van der Waals surface area contributed by atoms with Crippen LogP contribution < -0.4 is 10.6 Å². The van der Waals surface area contributed by atoms with Gasteiger partial charge in [-0.1, -0.05) is 51.2 Å². The van der Waals surface area contributed by atoms with Gasteiger partial charge in [0.2, 0.25) is 11.0 Å². The van der Waals surface area contributed by atoms with Crippen molar-refractivity contribution in [3.8, 4) is 0 Å². The number of aromatic nitrogens is 2. The molecule has 1 amide bonds. The summed E-state index contributed by atoms with van der Waals surface area (Å²) < 4.78 is 1.74. The molecule has 0 saturated carbocycles. The minimum atomic E-state index is -0.230. The molecule has 0 aliphatic heterocycles. The lowest BCUT2D eigenvalue weighted by Gasteiger charge is -2.08. The van der Waals surface area contributed by atoms with Crippen LogP contribution in [0, 0.1) is 0 Å². The molecule has 0 aliphatic carbocycles. The third-order valence-corrected chi connectivity index (χ3v) is 5.07. The topological polar surface area (TPSA) is 66.9 Å². The normalized spacial score (nSPS) is 11.7. The SMILES string of the molecule is C=CCNC(=O)C(C)Sc1nnc(Nc2cccc(Br)c2)s1. The van der Waals surface area contributed by atoms with Gasteiger partial charge >= 0.3 is 0 Å². The zero-order chi connectivity index (χ0) is 15.9.